The number of benzene rings is 2. The Morgan fingerprint density at radius 1 is 0.970 bits per heavy atom. The summed E-state index contributed by atoms with van der Waals surface area (Å²) in [6, 6.07) is 13.3. The van der Waals surface area contributed by atoms with Crippen LogP contribution in [0.5, 0.6) is 17.2 Å². The first kappa shape index (κ1) is 21.9. The molecule has 8 nitrogen and oxygen atoms in total. The van der Waals surface area contributed by atoms with Crippen LogP contribution in [0.15, 0.2) is 67.1 Å². The van der Waals surface area contributed by atoms with Crippen molar-refractivity contribution in [2.75, 3.05) is 21.3 Å². The van der Waals surface area contributed by atoms with Crippen LogP contribution < -0.4 is 19.5 Å². The Balaban J connectivity index is 1.67. The van der Waals surface area contributed by atoms with Gasteiger partial charge in [-0.05, 0) is 30.3 Å². The van der Waals surface area contributed by atoms with Crippen molar-refractivity contribution < 1.29 is 23.4 Å². The fourth-order valence-electron chi connectivity index (χ4n) is 3.53. The number of amides is 1. The number of ether oxygens (including phenoxy) is 3. The van der Waals surface area contributed by atoms with Crippen LogP contribution in [0.3, 0.4) is 0 Å². The second-order valence-corrected chi connectivity index (χ2v) is 7.04. The average Bonchev–Trinajstić information content (AvgIpc) is 3.52. The molecule has 0 radical (unpaired) electrons. The number of aromatic nitrogens is 3. The summed E-state index contributed by atoms with van der Waals surface area (Å²) in [6.07, 6.45) is 4.95. The molecule has 2 aromatic carbocycles. The Hall–Kier alpha value is -4.27. The molecule has 2 heterocycles. The first-order valence-electron chi connectivity index (χ1n) is 10.1. The van der Waals surface area contributed by atoms with Gasteiger partial charge in [0.25, 0.3) is 5.91 Å². The molecule has 0 fully saturated rings. The highest BCUT2D eigenvalue weighted by Crippen LogP contribution is 2.34. The first-order valence-corrected chi connectivity index (χ1v) is 10.1. The third-order valence-electron chi connectivity index (χ3n) is 5.14. The highest BCUT2D eigenvalue weighted by molar-refractivity contribution is 5.97. The fraction of sp³-hybridized carbons (Fsp3) is 0.167. The third kappa shape index (κ3) is 4.25. The van der Waals surface area contributed by atoms with Crippen molar-refractivity contribution in [2.24, 2.45) is 0 Å². The van der Waals surface area contributed by atoms with E-state index in [0.717, 1.165) is 0 Å². The summed E-state index contributed by atoms with van der Waals surface area (Å²) in [6.45, 7) is 0.165. The van der Waals surface area contributed by atoms with Crippen LogP contribution in [-0.2, 0) is 6.54 Å². The van der Waals surface area contributed by atoms with Gasteiger partial charge in [0.2, 0.25) is 0 Å². The molecule has 4 rings (SSSR count). The number of rotatable bonds is 8. The number of nitrogens with zero attached hydrogens (tertiary/aromatic N) is 3. The smallest absolute Gasteiger partial charge is 0.256 e. The zero-order valence-corrected chi connectivity index (χ0v) is 18.4. The number of para-hydroxylation sites is 1. The van der Waals surface area contributed by atoms with Gasteiger partial charge >= 0.3 is 0 Å². The molecule has 0 aliphatic carbocycles. The van der Waals surface area contributed by atoms with E-state index in [-0.39, 0.29) is 23.7 Å². The predicted molar refractivity (Wildman–Crippen MR) is 120 cm³/mol. The van der Waals surface area contributed by atoms with E-state index >= 15 is 0 Å². The molecule has 1 amide bonds. The van der Waals surface area contributed by atoms with Gasteiger partial charge in [0, 0.05) is 30.6 Å². The van der Waals surface area contributed by atoms with Crippen LogP contribution in [0.1, 0.15) is 15.9 Å². The van der Waals surface area contributed by atoms with Crippen molar-refractivity contribution in [1.82, 2.24) is 19.7 Å². The Labute approximate surface area is 190 Å². The van der Waals surface area contributed by atoms with Gasteiger partial charge in [-0.1, -0.05) is 12.1 Å². The van der Waals surface area contributed by atoms with Gasteiger partial charge in [-0.3, -0.25) is 4.79 Å². The molecule has 2 aromatic heterocycles. The molecule has 0 aliphatic heterocycles. The molecule has 0 atom stereocenters. The van der Waals surface area contributed by atoms with Crippen LogP contribution in [0, 0.1) is 5.82 Å². The summed E-state index contributed by atoms with van der Waals surface area (Å²) in [4.78, 5) is 13.2. The van der Waals surface area contributed by atoms with E-state index in [4.69, 9.17) is 14.2 Å². The topological polar surface area (TPSA) is 79.5 Å². The van der Waals surface area contributed by atoms with Gasteiger partial charge in [0.05, 0.1) is 27.5 Å². The van der Waals surface area contributed by atoms with E-state index in [0.29, 0.717) is 28.6 Å². The number of carbonyl (C=O) groups is 1. The molecule has 4 aromatic rings. The number of hydrogen-bond donors (Lipinski definition) is 1. The maximum absolute atomic E-state index is 14.5. The lowest BCUT2D eigenvalue weighted by Gasteiger charge is -2.15. The van der Waals surface area contributed by atoms with Gasteiger partial charge in [-0.2, -0.15) is 5.10 Å². The van der Waals surface area contributed by atoms with Crippen LogP contribution in [-0.4, -0.2) is 41.6 Å². The molecule has 9 heteroatoms. The molecule has 0 spiro atoms. The normalized spacial score (nSPS) is 10.7. The van der Waals surface area contributed by atoms with Crippen LogP contribution >= 0.6 is 0 Å². The van der Waals surface area contributed by atoms with Gasteiger partial charge in [0.1, 0.15) is 22.8 Å². The number of halogens is 1. The average molecular weight is 450 g/mol. The van der Waals surface area contributed by atoms with Crippen molar-refractivity contribution in [1.29, 1.82) is 0 Å². The standard InChI is InChI=1S/C24H23FN4O4/c1-31-20-13-22(33-3)21(32-2)12-16(20)14-26-23(30)17-15-27-29(19-9-5-4-8-18(19)25)24(17)28-10-6-7-11-28/h4-13,15H,14H2,1-3H3,(H,26,30). The van der Waals surface area contributed by atoms with E-state index in [1.807, 2.05) is 12.1 Å². The van der Waals surface area contributed by atoms with E-state index < -0.39 is 5.82 Å². The maximum atomic E-state index is 14.5. The molecule has 33 heavy (non-hydrogen) atoms. The summed E-state index contributed by atoms with van der Waals surface area (Å²) in [5.41, 5.74) is 1.23. The van der Waals surface area contributed by atoms with Crippen molar-refractivity contribution >= 4 is 5.91 Å². The Morgan fingerprint density at radius 3 is 2.30 bits per heavy atom. The minimum Gasteiger partial charge on any atom is -0.496 e. The summed E-state index contributed by atoms with van der Waals surface area (Å²) in [5.74, 6) is 1.17. The highest BCUT2D eigenvalue weighted by Gasteiger charge is 2.22. The van der Waals surface area contributed by atoms with Crippen LogP contribution in [0.4, 0.5) is 4.39 Å². The maximum Gasteiger partial charge on any atom is 0.256 e. The van der Waals surface area contributed by atoms with Crippen molar-refractivity contribution in [3.05, 3.63) is 84.1 Å². The number of carbonyl (C=O) groups excluding carboxylic acids is 1. The lowest BCUT2D eigenvalue weighted by molar-refractivity contribution is 0.0950. The Bertz CT molecular complexity index is 1270. The third-order valence-corrected chi connectivity index (χ3v) is 5.14. The molecule has 0 unspecified atom stereocenters. The number of hydrogen-bond acceptors (Lipinski definition) is 5. The quantitative estimate of drug-likeness (QED) is 0.442. The number of nitrogens with one attached hydrogen (secondary N) is 1. The van der Waals surface area contributed by atoms with E-state index in [1.165, 1.54) is 38.3 Å². The van der Waals surface area contributed by atoms with Gasteiger partial charge in [-0.15, -0.1) is 0 Å². The lowest BCUT2D eigenvalue weighted by Crippen LogP contribution is -2.24. The molecule has 0 aliphatic rings. The molecule has 170 valence electrons. The zero-order valence-electron chi connectivity index (χ0n) is 18.4. The SMILES string of the molecule is COc1cc(OC)c(OC)cc1CNC(=O)c1cnn(-c2ccccc2F)c1-n1cccc1. The molecule has 1 N–H and O–H groups in total. The zero-order chi connectivity index (χ0) is 23.4. The predicted octanol–water partition coefficient (Wildman–Crippen LogP) is 3.76. The molecular weight excluding hydrogens is 427 g/mol. The molecule has 0 bridgehead atoms. The summed E-state index contributed by atoms with van der Waals surface area (Å²) < 4.78 is 33.7. The molecule has 0 saturated carbocycles. The largest absolute Gasteiger partial charge is 0.496 e. The van der Waals surface area contributed by atoms with E-state index in [1.54, 1.807) is 47.3 Å². The number of methoxy groups -OCH3 is 3. The monoisotopic (exact) mass is 450 g/mol. The summed E-state index contributed by atoms with van der Waals surface area (Å²) >= 11 is 0. The second-order valence-electron chi connectivity index (χ2n) is 7.04. The van der Waals surface area contributed by atoms with Crippen molar-refractivity contribution in [2.45, 2.75) is 6.54 Å². The van der Waals surface area contributed by atoms with Crippen molar-refractivity contribution in [3.8, 4) is 28.8 Å². The molecule has 0 saturated heterocycles. The van der Waals surface area contributed by atoms with Crippen LogP contribution in [0.25, 0.3) is 11.5 Å². The Morgan fingerprint density at radius 2 is 1.64 bits per heavy atom. The van der Waals surface area contributed by atoms with Crippen molar-refractivity contribution in [3.63, 3.8) is 0 Å². The summed E-state index contributed by atoms with van der Waals surface area (Å²) in [5, 5.41) is 7.18. The molecular formula is C24H23FN4O4. The fourth-order valence-corrected chi connectivity index (χ4v) is 3.53. The minimum absolute atomic E-state index is 0.165. The van der Waals surface area contributed by atoms with Gasteiger partial charge in [0.15, 0.2) is 17.3 Å². The highest BCUT2D eigenvalue weighted by atomic mass is 19.1. The van der Waals surface area contributed by atoms with Gasteiger partial charge in [-0.25, -0.2) is 9.07 Å². The van der Waals surface area contributed by atoms with E-state index in [9.17, 15) is 9.18 Å². The summed E-state index contributed by atoms with van der Waals surface area (Å²) in [7, 11) is 4.61. The second kappa shape index (κ2) is 9.47. The lowest BCUT2D eigenvalue weighted by atomic mass is 10.1. The first-order chi connectivity index (χ1) is 16.1. The van der Waals surface area contributed by atoms with Crippen LogP contribution in [0.2, 0.25) is 0 Å². The minimum atomic E-state index is -0.448. The Kier molecular flexibility index (Phi) is 6.30. The van der Waals surface area contributed by atoms with E-state index in [2.05, 4.69) is 10.4 Å². The van der Waals surface area contributed by atoms with Gasteiger partial charge < -0.3 is 24.1 Å².